The lowest BCUT2D eigenvalue weighted by molar-refractivity contribution is 0.602. The third-order valence-electron chi connectivity index (χ3n) is 4.48. The fraction of sp³-hybridized carbons (Fsp3) is 0.143. The van der Waals surface area contributed by atoms with Gasteiger partial charge in [0.2, 0.25) is 0 Å². The molecule has 0 amide bonds. The Labute approximate surface area is 168 Å². The van der Waals surface area contributed by atoms with E-state index in [1.165, 1.54) is 16.9 Å². The van der Waals surface area contributed by atoms with E-state index in [1.807, 2.05) is 29.6 Å². The van der Waals surface area contributed by atoms with Crippen LogP contribution in [0.5, 0.6) is 0 Å². The van der Waals surface area contributed by atoms with E-state index in [0.29, 0.717) is 16.6 Å². The van der Waals surface area contributed by atoms with Crippen LogP contribution in [0.2, 0.25) is 0 Å². The van der Waals surface area contributed by atoms with E-state index in [9.17, 15) is 8.42 Å². The highest BCUT2D eigenvalue weighted by Gasteiger charge is 2.20. The molecule has 0 saturated carbocycles. The summed E-state index contributed by atoms with van der Waals surface area (Å²) in [6.45, 7) is 4.29. The van der Waals surface area contributed by atoms with Crippen molar-refractivity contribution in [1.82, 2.24) is 9.97 Å². The normalized spacial score (nSPS) is 11.8. The molecule has 0 aliphatic rings. The molecule has 0 bridgehead atoms. The molecule has 28 heavy (non-hydrogen) atoms. The summed E-state index contributed by atoms with van der Waals surface area (Å²) in [5.74, 6) is 0.459. The monoisotopic (exact) mass is 409 g/mol. The third-order valence-corrected chi connectivity index (χ3v) is 6.74. The van der Waals surface area contributed by atoms with E-state index < -0.39 is 10.0 Å². The summed E-state index contributed by atoms with van der Waals surface area (Å²) < 4.78 is 28.4. The average Bonchev–Trinajstić information content (AvgIpc) is 3.15. The second-order valence-corrected chi connectivity index (χ2v) is 9.26. The number of para-hydroxylation sites is 1. The summed E-state index contributed by atoms with van der Waals surface area (Å²) in [5, 5.41) is 2.95. The Kier molecular flexibility index (Phi) is 4.87. The molecule has 7 heteroatoms. The minimum absolute atomic E-state index is 0.142. The number of pyridine rings is 1. The summed E-state index contributed by atoms with van der Waals surface area (Å²) in [7, 11) is -3.79. The van der Waals surface area contributed by atoms with Crippen molar-refractivity contribution in [1.29, 1.82) is 0 Å². The molecule has 0 aliphatic heterocycles. The van der Waals surface area contributed by atoms with Crippen molar-refractivity contribution in [3.8, 4) is 11.3 Å². The second-order valence-electron chi connectivity index (χ2n) is 6.75. The number of nitrogens with one attached hydrogen (secondary N) is 1. The van der Waals surface area contributed by atoms with Crippen molar-refractivity contribution >= 4 is 37.4 Å². The van der Waals surface area contributed by atoms with Crippen LogP contribution in [-0.4, -0.2) is 18.4 Å². The zero-order valence-corrected chi connectivity index (χ0v) is 17.1. The van der Waals surface area contributed by atoms with E-state index in [-0.39, 0.29) is 4.90 Å². The Morgan fingerprint density at radius 3 is 2.50 bits per heavy atom. The first-order valence-corrected chi connectivity index (χ1v) is 11.2. The number of sulfonamides is 1. The van der Waals surface area contributed by atoms with Gasteiger partial charge in [-0.1, -0.05) is 56.3 Å². The average molecular weight is 410 g/mol. The molecular formula is C21H19N3O2S2. The van der Waals surface area contributed by atoms with Crippen LogP contribution in [-0.2, 0) is 10.0 Å². The van der Waals surface area contributed by atoms with Crippen molar-refractivity contribution in [2.45, 2.75) is 24.7 Å². The van der Waals surface area contributed by atoms with E-state index in [0.717, 1.165) is 16.6 Å². The molecule has 0 saturated heterocycles. The fourth-order valence-corrected chi connectivity index (χ4v) is 5.11. The predicted molar refractivity (Wildman–Crippen MR) is 114 cm³/mol. The van der Waals surface area contributed by atoms with Gasteiger partial charge in [0.1, 0.15) is 4.90 Å². The summed E-state index contributed by atoms with van der Waals surface area (Å²) in [5.41, 5.74) is 3.40. The molecule has 0 spiro atoms. The maximum atomic E-state index is 12.9. The summed E-state index contributed by atoms with van der Waals surface area (Å²) in [4.78, 5) is 8.82. The van der Waals surface area contributed by atoms with Gasteiger partial charge in [-0.15, -0.1) is 11.3 Å². The van der Waals surface area contributed by atoms with Gasteiger partial charge in [0.25, 0.3) is 10.0 Å². The van der Waals surface area contributed by atoms with Gasteiger partial charge in [-0.3, -0.25) is 9.71 Å². The standard InChI is InChI=1S/C21H19N3O2S2/c1-14(2)15-8-10-16(11-9-15)18-13-27-21(23-18)24-28(25,26)19-7-3-5-17-6-4-12-22-20(17)19/h3-14H,1-2H3,(H,23,24). The lowest BCUT2D eigenvalue weighted by Crippen LogP contribution is -2.13. The van der Waals surface area contributed by atoms with Crippen molar-refractivity contribution in [3.05, 3.63) is 71.7 Å². The van der Waals surface area contributed by atoms with Crippen LogP contribution < -0.4 is 4.72 Å². The van der Waals surface area contributed by atoms with Gasteiger partial charge < -0.3 is 0 Å². The fourth-order valence-electron chi connectivity index (χ4n) is 2.95. The molecule has 2 aromatic carbocycles. The molecule has 4 rings (SSSR count). The number of nitrogens with zero attached hydrogens (tertiary/aromatic N) is 2. The van der Waals surface area contributed by atoms with Crippen LogP contribution in [0.25, 0.3) is 22.2 Å². The Morgan fingerprint density at radius 2 is 1.75 bits per heavy atom. The Balaban J connectivity index is 1.62. The second kappa shape index (κ2) is 7.33. The highest BCUT2D eigenvalue weighted by molar-refractivity contribution is 7.93. The largest absolute Gasteiger partial charge is 0.265 e. The minimum atomic E-state index is -3.79. The smallest absolute Gasteiger partial charge is 0.255 e. The molecular weight excluding hydrogens is 390 g/mol. The number of benzene rings is 2. The van der Waals surface area contributed by atoms with E-state index >= 15 is 0 Å². The number of rotatable bonds is 5. The SMILES string of the molecule is CC(C)c1ccc(-c2csc(NS(=O)(=O)c3cccc4cccnc34)n2)cc1. The van der Waals surface area contributed by atoms with Crippen LogP contribution in [0, 0.1) is 0 Å². The maximum Gasteiger partial charge on any atom is 0.265 e. The summed E-state index contributed by atoms with van der Waals surface area (Å²) in [6.07, 6.45) is 1.59. The number of anilines is 1. The highest BCUT2D eigenvalue weighted by atomic mass is 32.2. The topological polar surface area (TPSA) is 72.0 Å². The van der Waals surface area contributed by atoms with Gasteiger partial charge in [-0.05, 0) is 23.6 Å². The minimum Gasteiger partial charge on any atom is -0.255 e. The number of fused-ring (bicyclic) bond motifs is 1. The number of hydrogen-bond acceptors (Lipinski definition) is 5. The third kappa shape index (κ3) is 3.63. The van der Waals surface area contributed by atoms with E-state index in [4.69, 9.17) is 0 Å². The zero-order chi connectivity index (χ0) is 19.7. The van der Waals surface area contributed by atoms with Crippen LogP contribution in [0.15, 0.2) is 71.1 Å². The van der Waals surface area contributed by atoms with Crippen molar-refractivity contribution in [3.63, 3.8) is 0 Å². The number of hydrogen-bond donors (Lipinski definition) is 1. The molecule has 1 N–H and O–H groups in total. The molecule has 0 unspecified atom stereocenters. The van der Waals surface area contributed by atoms with Crippen LogP contribution in [0.1, 0.15) is 25.3 Å². The molecule has 2 aromatic heterocycles. The van der Waals surface area contributed by atoms with Crippen LogP contribution in [0.4, 0.5) is 5.13 Å². The van der Waals surface area contributed by atoms with Gasteiger partial charge in [-0.25, -0.2) is 13.4 Å². The Bertz CT molecular complexity index is 1220. The lowest BCUT2D eigenvalue weighted by Gasteiger charge is -2.08. The van der Waals surface area contributed by atoms with E-state index in [2.05, 4.69) is 40.7 Å². The van der Waals surface area contributed by atoms with Gasteiger partial charge in [0.05, 0.1) is 11.2 Å². The molecule has 4 aromatic rings. The van der Waals surface area contributed by atoms with Crippen LogP contribution in [0.3, 0.4) is 0 Å². The van der Waals surface area contributed by atoms with Gasteiger partial charge >= 0.3 is 0 Å². The van der Waals surface area contributed by atoms with Crippen molar-refractivity contribution in [2.75, 3.05) is 4.72 Å². The first-order valence-electron chi connectivity index (χ1n) is 8.86. The van der Waals surface area contributed by atoms with Gasteiger partial charge in [0.15, 0.2) is 5.13 Å². The van der Waals surface area contributed by atoms with E-state index in [1.54, 1.807) is 24.4 Å². The van der Waals surface area contributed by atoms with Gasteiger partial charge in [-0.2, -0.15) is 0 Å². The molecule has 5 nitrogen and oxygen atoms in total. The van der Waals surface area contributed by atoms with Crippen molar-refractivity contribution < 1.29 is 8.42 Å². The quantitative estimate of drug-likeness (QED) is 0.487. The molecule has 0 fully saturated rings. The number of thiazole rings is 1. The first kappa shape index (κ1) is 18.6. The molecule has 142 valence electrons. The zero-order valence-electron chi connectivity index (χ0n) is 15.5. The lowest BCUT2D eigenvalue weighted by atomic mass is 10.0. The highest BCUT2D eigenvalue weighted by Crippen LogP contribution is 2.29. The van der Waals surface area contributed by atoms with Gasteiger partial charge in [0, 0.05) is 22.5 Å². The van der Waals surface area contributed by atoms with Crippen LogP contribution >= 0.6 is 11.3 Å². The molecule has 2 heterocycles. The molecule has 0 aliphatic carbocycles. The maximum absolute atomic E-state index is 12.9. The number of aromatic nitrogens is 2. The predicted octanol–water partition coefficient (Wildman–Crippen LogP) is 5.28. The molecule has 0 radical (unpaired) electrons. The summed E-state index contributed by atoms with van der Waals surface area (Å²) >= 11 is 1.26. The first-order chi connectivity index (χ1) is 13.4. The Morgan fingerprint density at radius 1 is 1.00 bits per heavy atom. The van der Waals surface area contributed by atoms with Crippen molar-refractivity contribution in [2.24, 2.45) is 0 Å². The molecule has 0 atom stereocenters. The summed E-state index contributed by atoms with van der Waals surface area (Å²) in [6, 6.07) is 16.9. The Hall–Kier alpha value is -2.77.